The summed E-state index contributed by atoms with van der Waals surface area (Å²) in [6, 6.07) is 16.9. The fourth-order valence-corrected chi connectivity index (χ4v) is 4.27. The van der Waals surface area contributed by atoms with Crippen LogP contribution in [-0.4, -0.2) is 36.5 Å². The molecule has 0 radical (unpaired) electrons. The average molecular weight is 608 g/mol. The zero-order valence-corrected chi connectivity index (χ0v) is 22.4. The SMILES string of the molecule is COc1cc(-c2ccc(NC(=O)C(F)(F)F)c(C(F)(F)F)c2)c(OC)c(O)c1-c1ccc(OCc2ccccc2)c(O)c1. The fraction of sp³-hybridized carbons (Fsp3) is 0.167. The fourth-order valence-electron chi connectivity index (χ4n) is 4.27. The van der Waals surface area contributed by atoms with Crippen molar-refractivity contribution < 1.29 is 55.6 Å². The number of phenolic OH excluding ortho intramolecular Hbond substituents is 2. The van der Waals surface area contributed by atoms with Crippen LogP contribution in [0.2, 0.25) is 0 Å². The predicted octanol–water partition coefficient (Wildman–Crippen LogP) is 7.55. The van der Waals surface area contributed by atoms with Crippen LogP contribution in [-0.2, 0) is 17.6 Å². The van der Waals surface area contributed by atoms with E-state index in [1.165, 1.54) is 36.7 Å². The Morgan fingerprint density at radius 1 is 0.814 bits per heavy atom. The summed E-state index contributed by atoms with van der Waals surface area (Å²) in [4.78, 5) is 11.3. The molecule has 0 fully saturated rings. The molecular formula is C30H23F6NO6. The second kappa shape index (κ2) is 12.0. The summed E-state index contributed by atoms with van der Waals surface area (Å²) in [5.41, 5.74) is -1.88. The molecule has 0 spiro atoms. The average Bonchev–Trinajstić information content (AvgIpc) is 2.95. The van der Waals surface area contributed by atoms with Crippen molar-refractivity contribution in [3.05, 3.63) is 83.9 Å². The molecule has 0 bridgehead atoms. The molecule has 0 saturated carbocycles. The zero-order valence-electron chi connectivity index (χ0n) is 22.4. The van der Waals surface area contributed by atoms with E-state index >= 15 is 0 Å². The van der Waals surface area contributed by atoms with Crippen LogP contribution in [0, 0.1) is 0 Å². The third kappa shape index (κ3) is 6.71. The molecule has 1 amide bonds. The van der Waals surface area contributed by atoms with Crippen LogP contribution in [0.1, 0.15) is 11.1 Å². The number of aromatic hydroxyl groups is 2. The quantitative estimate of drug-likeness (QED) is 0.179. The summed E-state index contributed by atoms with van der Waals surface area (Å²) >= 11 is 0. The van der Waals surface area contributed by atoms with Crippen LogP contribution in [0.4, 0.5) is 32.0 Å². The molecule has 7 nitrogen and oxygen atoms in total. The van der Waals surface area contributed by atoms with E-state index in [2.05, 4.69) is 0 Å². The summed E-state index contributed by atoms with van der Waals surface area (Å²) in [5.74, 6) is -3.59. The van der Waals surface area contributed by atoms with E-state index in [0.29, 0.717) is 12.1 Å². The van der Waals surface area contributed by atoms with Gasteiger partial charge in [0.15, 0.2) is 23.0 Å². The first-order valence-corrected chi connectivity index (χ1v) is 12.3. The minimum Gasteiger partial charge on any atom is -0.504 e. The number of rotatable bonds is 8. The number of hydrogen-bond acceptors (Lipinski definition) is 6. The highest BCUT2D eigenvalue weighted by Gasteiger charge is 2.41. The topological polar surface area (TPSA) is 97.3 Å². The van der Waals surface area contributed by atoms with Crippen LogP contribution in [0.5, 0.6) is 28.7 Å². The minimum atomic E-state index is -5.42. The first kappa shape index (κ1) is 30.9. The van der Waals surface area contributed by atoms with Gasteiger partial charge >= 0.3 is 18.3 Å². The van der Waals surface area contributed by atoms with Gasteiger partial charge in [0.1, 0.15) is 12.4 Å². The minimum absolute atomic E-state index is 0.0260. The number of carbonyl (C=O) groups is 1. The van der Waals surface area contributed by atoms with Gasteiger partial charge in [0, 0.05) is 5.56 Å². The van der Waals surface area contributed by atoms with Gasteiger partial charge in [-0.15, -0.1) is 0 Å². The van der Waals surface area contributed by atoms with Gasteiger partial charge in [-0.3, -0.25) is 4.79 Å². The van der Waals surface area contributed by atoms with Crippen molar-refractivity contribution in [3.8, 4) is 51.0 Å². The Bertz CT molecular complexity index is 1640. The van der Waals surface area contributed by atoms with Crippen LogP contribution in [0.25, 0.3) is 22.3 Å². The molecule has 43 heavy (non-hydrogen) atoms. The number of phenols is 2. The van der Waals surface area contributed by atoms with E-state index in [-0.39, 0.29) is 51.9 Å². The van der Waals surface area contributed by atoms with Gasteiger partial charge in [-0.05, 0) is 47.0 Å². The lowest BCUT2D eigenvalue weighted by Gasteiger charge is -2.20. The molecule has 0 aromatic heterocycles. The number of methoxy groups -OCH3 is 2. The van der Waals surface area contributed by atoms with Gasteiger partial charge in [-0.1, -0.05) is 42.5 Å². The van der Waals surface area contributed by atoms with Crippen LogP contribution in [0.15, 0.2) is 72.8 Å². The number of halogens is 6. The molecule has 3 N–H and O–H groups in total. The number of hydrogen-bond donors (Lipinski definition) is 3. The van der Waals surface area contributed by atoms with E-state index < -0.39 is 35.3 Å². The van der Waals surface area contributed by atoms with Crippen molar-refractivity contribution in [2.24, 2.45) is 0 Å². The van der Waals surface area contributed by atoms with Gasteiger partial charge < -0.3 is 29.7 Å². The molecule has 0 saturated heterocycles. The maximum absolute atomic E-state index is 13.8. The van der Waals surface area contributed by atoms with E-state index in [1.807, 2.05) is 30.3 Å². The third-order valence-corrected chi connectivity index (χ3v) is 6.27. The lowest BCUT2D eigenvalue weighted by Crippen LogP contribution is -2.30. The standard InChI is InChI=1S/C30H23F6NO6/c1-41-24-14-19(17-8-10-21(20(12-17)29(31,32)33)37-28(40)30(34,35)36)27(42-2)26(39)25(24)18-9-11-23(22(38)13-18)43-15-16-6-4-3-5-7-16/h3-14,38-39H,15H2,1-2H3,(H,37,40). The molecule has 0 atom stereocenters. The van der Waals surface area contributed by atoms with E-state index in [1.54, 1.807) is 0 Å². The number of alkyl halides is 6. The smallest absolute Gasteiger partial charge is 0.471 e. The van der Waals surface area contributed by atoms with Crippen molar-refractivity contribution >= 4 is 11.6 Å². The highest BCUT2D eigenvalue weighted by atomic mass is 19.4. The zero-order chi connectivity index (χ0) is 31.5. The lowest BCUT2D eigenvalue weighted by atomic mass is 9.95. The van der Waals surface area contributed by atoms with Crippen molar-refractivity contribution in [3.63, 3.8) is 0 Å². The Balaban J connectivity index is 1.76. The van der Waals surface area contributed by atoms with Crippen molar-refractivity contribution in [2.45, 2.75) is 19.0 Å². The molecular weight excluding hydrogens is 584 g/mol. The van der Waals surface area contributed by atoms with Gasteiger partial charge in [0.05, 0.1) is 31.0 Å². The molecule has 13 heteroatoms. The molecule has 0 aliphatic rings. The van der Waals surface area contributed by atoms with Gasteiger partial charge in [-0.2, -0.15) is 26.3 Å². The van der Waals surface area contributed by atoms with E-state index in [9.17, 15) is 41.4 Å². The van der Waals surface area contributed by atoms with E-state index in [4.69, 9.17) is 14.2 Å². The Labute approximate surface area is 240 Å². The molecule has 0 aliphatic carbocycles. The second-order valence-electron chi connectivity index (χ2n) is 9.05. The van der Waals surface area contributed by atoms with Gasteiger partial charge in [0.2, 0.25) is 0 Å². The highest BCUT2D eigenvalue weighted by molar-refractivity contribution is 5.96. The Morgan fingerprint density at radius 2 is 1.49 bits per heavy atom. The highest BCUT2D eigenvalue weighted by Crippen LogP contribution is 2.51. The molecule has 4 aromatic carbocycles. The van der Waals surface area contributed by atoms with Crippen molar-refractivity contribution in [1.29, 1.82) is 0 Å². The van der Waals surface area contributed by atoms with Gasteiger partial charge in [-0.25, -0.2) is 0 Å². The number of carbonyl (C=O) groups excluding carboxylic acids is 1. The van der Waals surface area contributed by atoms with Gasteiger partial charge in [0.25, 0.3) is 0 Å². The first-order chi connectivity index (χ1) is 20.2. The summed E-state index contributed by atoms with van der Waals surface area (Å²) in [6.45, 7) is 0.170. The number of anilines is 1. The van der Waals surface area contributed by atoms with Crippen LogP contribution < -0.4 is 19.5 Å². The Morgan fingerprint density at radius 3 is 2.07 bits per heavy atom. The number of ether oxygens (including phenoxy) is 3. The van der Waals surface area contributed by atoms with Crippen molar-refractivity contribution in [2.75, 3.05) is 19.5 Å². The molecule has 226 valence electrons. The van der Waals surface area contributed by atoms with Crippen molar-refractivity contribution in [1.82, 2.24) is 0 Å². The normalized spacial score (nSPS) is 11.6. The number of amides is 1. The Kier molecular flexibility index (Phi) is 8.65. The molecule has 4 rings (SSSR count). The molecule has 0 heterocycles. The molecule has 0 aliphatic heterocycles. The Hall–Kier alpha value is -5.07. The summed E-state index contributed by atoms with van der Waals surface area (Å²) in [5, 5.41) is 23.0. The van der Waals surface area contributed by atoms with Crippen LogP contribution in [0.3, 0.4) is 0 Å². The number of nitrogens with one attached hydrogen (secondary N) is 1. The summed E-state index contributed by atoms with van der Waals surface area (Å²) < 4.78 is 95.9. The first-order valence-electron chi connectivity index (χ1n) is 12.3. The maximum Gasteiger partial charge on any atom is 0.471 e. The lowest BCUT2D eigenvalue weighted by molar-refractivity contribution is -0.167. The predicted molar refractivity (Wildman–Crippen MR) is 144 cm³/mol. The second-order valence-corrected chi connectivity index (χ2v) is 9.05. The third-order valence-electron chi connectivity index (χ3n) is 6.27. The summed E-state index contributed by atoms with van der Waals surface area (Å²) in [6.07, 6.45) is -10.6. The maximum atomic E-state index is 13.8. The molecule has 0 unspecified atom stereocenters. The van der Waals surface area contributed by atoms with E-state index in [0.717, 1.165) is 18.7 Å². The largest absolute Gasteiger partial charge is 0.504 e. The molecule has 4 aromatic rings. The number of benzene rings is 4. The monoisotopic (exact) mass is 607 g/mol. The summed E-state index contributed by atoms with van der Waals surface area (Å²) in [7, 11) is 2.39. The van der Waals surface area contributed by atoms with Crippen LogP contribution >= 0.6 is 0 Å².